The van der Waals surface area contributed by atoms with Crippen molar-refractivity contribution in [1.82, 2.24) is 9.13 Å². The molecule has 4 saturated carbocycles. The quantitative estimate of drug-likeness (QED) is 0.174. The van der Waals surface area contributed by atoms with Crippen LogP contribution in [0.2, 0.25) is 0 Å². The summed E-state index contributed by atoms with van der Waals surface area (Å²) in [7, 11) is 0. The fraction of sp³-hybridized carbons (Fsp3) is 0.179. The molecule has 0 N–H and O–H groups in total. The van der Waals surface area contributed by atoms with Crippen LogP contribution in [0.15, 0.2) is 176 Å². The highest BCUT2D eigenvalue weighted by Crippen LogP contribution is 2.68. The molecular weight excluding hydrogens is 715 g/mol. The lowest BCUT2D eigenvalue weighted by atomic mass is 9.41. The zero-order valence-corrected chi connectivity index (χ0v) is 32.9. The number of hydrogen-bond acceptors (Lipinski definition) is 1. The Kier molecular flexibility index (Phi) is 6.46. The lowest BCUT2D eigenvalue weighted by Gasteiger charge is -2.63. The molecule has 1 aliphatic heterocycles. The molecule has 0 unspecified atom stereocenters. The summed E-state index contributed by atoms with van der Waals surface area (Å²) in [5.74, 6) is 3.16. The minimum Gasteiger partial charge on any atom is -0.310 e. The molecule has 4 fully saturated rings. The van der Waals surface area contributed by atoms with Crippen LogP contribution >= 0.6 is 0 Å². The van der Waals surface area contributed by atoms with Crippen LogP contribution in [0.25, 0.3) is 65.8 Å². The molecule has 4 aliphatic carbocycles. The molecule has 0 radical (unpaired) electrons. The van der Waals surface area contributed by atoms with Gasteiger partial charge in [-0.25, -0.2) is 0 Å². The summed E-state index contributed by atoms with van der Waals surface area (Å²) in [5.41, 5.74) is 14.5. The minimum atomic E-state index is 0.0446. The van der Waals surface area contributed by atoms with Crippen LogP contribution in [0, 0.1) is 23.7 Å². The van der Waals surface area contributed by atoms with Gasteiger partial charge >= 0.3 is 0 Å². The molecule has 59 heavy (non-hydrogen) atoms. The smallest absolute Gasteiger partial charge is 0.0603 e. The molecule has 5 aliphatic rings. The largest absolute Gasteiger partial charge is 0.310 e. The maximum Gasteiger partial charge on any atom is 0.0603 e. The fourth-order valence-corrected chi connectivity index (χ4v) is 13.5. The average Bonchev–Trinajstić information content (AvgIpc) is 3.81. The van der Waals surface area contributed by atoms with Gasteiger partial charge in [0.2, 0.25) is 0 Å². The Morgan fingerprint density at radius 3 is 1.73 bits per heavy atom. The number of fused-ring (bicyclic) bond motifs is 9. The van der Waals surface area contributed by atoms with E-state index in [0.717, 1.165) is 23.2 Å². The first kappa shape index (κ1) is 32.4. The van der Waals surface area contributed by atoms with Gasteiger partial charge in [-0.2, -0.15) is 0 Å². The minimum absolute atomic E-state index is 0.0446. The third kappa shape index (κ3) is 4.22. The van der Waals surface area contributed by atoms with Crippen molar-refractivity contribution in [1.29, 1.82) is 0 Å². The van der Waals surface area contributed by atoms with E-state index in [1.54, 1.807) is 11.1 Å². The molecule has 4 bridgehead atoms. The van der Waals surface area contributed by atoms with Crippen LogP contribution in [0.4, 0.5) is 17.1 Å². The molecule has 3 nitrogen and oxygen atoms in total. The van der Waals surface area contributed by atoms with Crippen molar-refractivity contribution in [2.24, 2.45) is 23.7 Å². The van der Waals surface area contributed by atoms with E-state index in [1.165, 1.54) is 104 Å². The molecule has 0 saturated heterocycles. The van der Waals surface area contributed by atoms with Crippen molar-refractivity contribution in [3.63, 3.8) is 0 Å². The molecule has 0 amide bonds. The summed E-state index contributed by atoms with van der Waals surface area (Å²) >= 11 is 0. The Bertz CT molecular complexity index is 3280. The average molecular weight is 758 g/mol. The number of anilines is 3. The van der Waals surface area contributed by atoms with Crippen molar-refractivity contribution in [3.05, 3.63) is 187 Å². The second-order valence-electron chi connectivity index (χ2n) is 18.2. The highest BCUT2D eigenvalue weighted by atomic mass is 15.2. The number of benzene rings is 8. The lowest BCUT2D eigenvalue weighted by Crippen LogP contribution is -2.57. The van der Waals surface area contributed by atoms with E-state index in [-0.39, 0.29) is 5.41 Å². The first-order chi connectivity index (χ1) is 29.2. The van der Waals surface area contributed by atoms with Crippen LogP contribution in [0.1, 0.15) is 43.2 Å². The van der Waals surface area contributed by atoms with E-state index in [2.05, 4.69) is 190 Å². The van der Waals surface area contributed by atoms with Crippen LogP contribution in [-0.2, 0) is 5.41 Å². The number of rotatable bonds is 4. The Hall–Kier alpha value is -6.58. The van der Waals surface area contributed by atoms with Gasteiger partial charge < -0.3 is 14.0 Å². The number of aromatic nitrogens is 2. The van der Waals surface area contributed by atoms with Crippen LogP contribution in [0.3, 0.4) is 0 Å². The zero-order chi connectivity index (χ0) is 38.4. The SMILES string of the molecule is c1ccc2c(c1)-n1c3ccccc3c3c(N(c4ccc(-n5c6ccccc6c6ccccc65)cc4)c4ccc5ccccc5c4)ccc(c31)C21[C@H]2CC3C[C@H](C2)C[C@@H]1C3. The van der Waals surface area contributed by atoms with Crippen LogP contribution < -0.4 is 4.90 Å². The van der Waals surface area contributed by atoms with E-state index >= 15 is 0 Å². The molecule has 10 aromatic rings. The van der Waals surface area contributed by atoms with Crippen molar-refractivity contribution >= 4 is 71.4 Å². The summed E-state index contributed by atoms with van der Waals surface area (Å²) in [6.07, 6.45) is 6.92. The molecule has 282 valence electrons. The molecule has 2 aromatic heterocycles. The van der Waals surface area contributed by atoms with Gasteiger partial charge in [0.05, 0.1) is 33.4 Å². The molecule has 3 heterocycles. The highest BCUT2D eigenvalue weighted by Gasteiger charge is 2.61. The molecular formula is C56H43N3. The summed E-state index contributed by atoms with van der Waals surface area (Å²) in [6, 6.07) is 66.5. The molecule has 3 heteroatoms. The van der Waals surface area contributed by atoms with Crippen molar-refractivity contribution in [2.45, 2.75) is 37.5 Å². The van der Waals surface area contributed by atoms with Gasteiger partial charge in [0.15, 0.2) is 0 Å². The highest BCUT2D eigenvalue weighted by molar-refractivity contribution is 6.18. The number of nitrogens with zero attached hydrogens (tertiary/aromatic N) is 3. The normalized spacial score (nSPS) is 22.6. The van der Waals surface area contributed by atoms with Gasteiger partial charge in [-0.05, 0) is 144 Å². The van der Waals surface area contributed by atoms with E-state index < -0.39 is 0 Å². The molecule has 1 spiro atoms. The topological polar surface area (TPSA) is 13.1 Å². The van der Waals surface area contributed by atoms with E-state index in [1.807, 2.05) is 0 Å². The van der Waals surface area contributed by atoms with E-state index in [9.17, 15) is 0 Å². The van der Waals surface area contributed by atoms with Crippen LogP contribution in [-0.4, -0.2) is 9.13 Å². The van der Waals surface area contributed by atoms with Gasteiger partial charge in [-0.1, -0.05) is 109 Å². The van der Waals surface area contributed by atoms with Gasteiger partial charge in [0.25, 0.3) is 0 Å². The van der Waals surface area contributed by atoms with Gasteiger partial charge in [-0.3, -0.25) is 0 Å². The Morgan fingerprint density at radius 2 is 1.02 bits per heavy atom. The Balaban J connectivity index is 1.04. The molecule has 0 atom stereocenters. The maximum absolute atomic E-state index is 2.65. The summed E-state index contributed by atoms with van der Waals surface area (Å²) in [6.45, 7) is 0. The first-order valence-electron chi connectivity index (χ1n) is 21.8. The van der Waals surface area contributed by atoms with Gasteiger partial charge in [0, 0.05) is 44.0 Å². The summed E-state index contributed by atoms with van der Waals surface area (Å²) in [4.78, 5) is 2.54. The molecule has 15 rings (SSSR count). The summed E-state index contributed by atoms with van der Waals surface area (Å²) in [5, 5.41) is 7.75. The standard InChI is InChI=1S/C56H43N3/c1-2-12-38-34-43(22-21-37(38)11-1)57(41-23-25-42(26-24-41)58-49-17-7-3-13-44(49)45-14-4-8-18-50(45)58)53-28-27-48-55-54(53)46-15-5-9-19-51(46)59(55)52-20-10-6-16-47(52)56(48)39-30-35-29-36(32-39)33-40(56)31-35/h1-28,34-36,39-40H,29-33H2/t35-,36?,39-,40-,56?/m1/s1. The number of hydrogen-bond donors (Lipinski definition) is 0. The van der Waals surface area contributed by atoms with Crippen LogP contribution in [0.5, 0.6) is 0 Å². The predicted molar refractivity (Wildman–Crippen MR) is 245 cm³/mol. The second-order valence-corrected chi connectivity index (χ2v) is 18.2. The second kappa shape index (κ2) is 11.8. The van der Waals surface area contributed by atoms with E-state index in [0.29, 0.717) is 11.8 Å². The Morgan fingerprint density at radius 1 is 0.441 bits per heavy atom. The summed E-state index contributed by atoms with van der Waals surface area (Å²) < 4.78 is 5.07. The van der Waals surface area contributed by atoms with E-state index in [4.69, 9.17) is 0 Å². The Labute approximate surface area is 343 Å². The van der Waals surface area contributed by atoms with Gasteiger partial charge in [0.1, 0.15) is 0 Å². The van der Waals surface area contributed by atoms with Gasteiger partial charge in [-0.15, -0.1) is 0 Å². The van der Waals surface area contributed by atoms with Crippen molar-refractivity contribution in [3.8, 4) is 11.4 Å². The number of para-hydroxylation sites is 4. The third-order valence-electron chi connectivity index (χ3n) is 15.4. The van der Waals surface area contributed by atoms with Crippen molar-refractivity contribution < 1.29 is 0 Å². The molecule has 8 aromatic carbocycles. The predicted octanol–water partition coefficient (Wildman–Crippen LogP) is 14.6. The van der Waals surface area contributed by atoms with Crippen molar-refractivity contribution in [2.75, 3.05) is 4.90 Å². The fourth-order valence-electron chi connectivity index (χ4n) is 13.5. The third-order valence-corrected chi connectivity index (χ3v) is 15.4. The zero-order valence-electron chi connectivity index (χ0n) is 32.9. The monoisotopic (exact) mass is 757 g/mol. The lowest BCUT2D eigenvalue weighted by molar-refractivity contribution is -0.0418. The maximum atomic E-state index is 2.65. The first-order valence-corrected chi connectivity index (χ1v) is 21.8.